The van der Waals surface area contributed by atoms with Crippen LogP contribution in [0.5, 0.6) is 5.75 Å². The maximum atomic E-state index is 13.0. The number of nitrogens with one attached hydrogen (secondary N) is 2. The van der Waals surface area contributed by atoms with Crippen molar-refractivity contribution in [1.82, 2.24) is 19.9 Å². The van der Waals surface area contributed by atoms with Crippen LogP contribution in [-0.4, -0.2) is 62.6 Å². The van der Waals surface area contributed by atoms with E-state index >= 15 is 0 Å². The zero-order valence-electron chi connectivity index (χ0n) is 17.2. The van der Waals surface area contributed by atoms with Gasteiger partial charge in [-0.2, -0.15) is 4.31 Å². The summed E-state index contributed by atoms with van der Waals surface area (Å²) in [6.07, 6.45) is 2.27. The number of hydrogen-bond acceptors (Lipinski definition) is 7. The number of benzene rings is 1. The van der Waals surface area contributed by atoms with E-state index < -0.39 is 28.1 Å². The Hall–Kier alpha value is -3.02. The molecule has 1 aromatic carbocycles. The third-order valence-corrected chi connectivity index (χ3v) is 6.62. The number of amides is 2. The Kier molecular flexibility index (Phi) is 7.21. The average molecular weight is 449 g/mol. The molecule has 2 aromatic rings. The van der Waals surface area contributed by atoms with Crippen molar-refractivity contribution in [3.8, 4) is 5.75 Å². The molecule has 1 fully saturated rings. The van der Waals surface area contributed by atoms with E-state index in [1.807, 2.05) is 0 Å². The van der Waals surface area contributed by atoms with E-state index in [9.17, 15) is 18.0 Å². The lowest BCUT2D eigenvalue weighted by Crippen LogP contribution is -2.47. The molecule has 1 aliphatic heterocycles. The molecule has 2 amide bonds. The van der Waals surface area contributed by atoms with Crippen molar-refractivity contribution in [3.63, 3.8) is 0 Å². The molecule has 0 bridgehead atoms. The van der Waals surface area contributed by atoms with Gasteiger partial charge in [-0.05, 0) is 42.3 Å². The first kappa shape index (κ1) is 22.7. The molecule has 3 rings (SSSR count). The lowest BCUT2D eigenvalue weighted by Gasteiger charge is -2.23. The van der Waals surface area contributed by atoms with E-state index in [0.717, 1.165) is 5.56 Å². The van der Waals surface area contributed by atoms with Crippen LogP contribution in [0.25, 0.3) is 0 Å². The highest BCUT2D eigenvalue weighted by Crippen LogP contribution is 2.26. The number of carbonyl (C=O) groups excluding carboxylic acids is 2. The van der Waals surface area contributed by atoms with Crippen LogP contribution in [0.1, 0.15) is 11.1 Å². The molecule has 0 saturated carbocycles. The van der Waals surface area contributed by atoms with Crippen LogP contribution in [0.15, 0.2) is 47.6 Å². The molecule has 0 radical (unpaired) electrons. The summed E-state index contributed by atoms with van der Waals surface area (Å²) in [6, 6.07) is 8.05. The quantitative estimate of drug-likeness (QED) is 0.579. The predicted molar refractivity (Wildman–Crippen MR) is 110 cm³/mol. The number of nitrogens with zero attached hydrogens (tertiary/aromatic N) is 2. The van der Waals surface area contributed by atoms with Crippen molar-refractivity contribution in [2.24, 2.45) is 0 Å². The summed E-state index contributed by atoms with van der Waals surface area (Å²) in [4.78, 5) is 28.1. The molecule has 10 nitrogen and oxygen atoms in total. The molecule has 2 N–H and O–H groups in total. The summed E-state index contributed by atoms with van der Waals surface area (Å²) >= 11 is 0. The molecule has 1 saturated heterocycles. The highest BCUT2D eigenvalue weighted by Gasteiger charge is 2.37. The summed E-state index contributed by atoms with van der Waals surface area (Å²) in [7, 11) is -2.35. The van der Waals surface area contributed by atoms with Gasteiger partial charge in [0.25, 0.3) is 0 Å². The van der Waals surface area contributed by atoms with Gasteiger partial charge in [-0.1, -0.05) is 6.07 Å². The summed E-state index contributed by atoms with van der Waals surface area (Å²) in [6.45, 7) is 2.06. The van der Waals surface area contributed by atoms with E-state index in [4.69, 9.17) is 9.47 Å². The molecule has 11 heteroatoms. The van der Waals surface area contributed by atoms with Gasteiger partial charge >= 0.3 is 11.8 Å². The smallest absolute Gasteiger partial charge is 0.309 e. The Bertz CT molecular complexity index is 1040. The molecular formula is C20H24N4O6S. The third-order valence-electron chi connectivity index (χ3n) is 4.74. The molecule has 1 aromatic heterocycles. The van der Waals surface area contributed by atoms with E-state index in [0.29, 0.717) is 11.3 Å². The van der Waals surface area contributed by atoms with Gasteiger partial charge in [0.2, 0.25) is 10.0 Å². The number of aromatic nitrogens is 1. The maximum absolute atomic E-state index is 13.0. The number of pyridine rings is 1. The van der Waals surface area contributed by atoms with Crippen molar-refractivity contribution in [2.45, 2.75) is 24.6 Å². The van der Waals surface area contributed by atoms with Crippen molar-refractivity contribution in [2.75, 3.05) is 26.8 Å². The lowest BCUT2D eigenvalue weighted by molar-refractivity contribution is -0.139. The molecule has 0 unspecified atom stereocenters. The second-order valence-electron chi connectivity index (χ2n) is 6.83. The Morgan fingerprint density at radius 3 is 2.71 bits per heavy atom. The fraction of sp³-hybridized carbons (Fsp3) is 0.350. The van der Waals surface area contributed by atoms with Crippen molar-refractivity contribution in [3.05, 3.63) is 53.9 Å². The van der Waals surface area contributed by atoms with E-state index in [1.165, 1.54) is 23.5 Å². The van der Waals surface area contributed by atoms with Crippen LogP contribution < -0.4 is 15.4 Å². The first-order valence-electron chi connectivity index (χ1n) is 9.56. The molecular weight excluding hydrogens is 424 g/mol. The van der Waals surface area contributed by atoms with Crippen LogP contribution in [0.4, 0.5) is 0 Å². The van der Waals surface area contributed by atoms with E-state index in [-0.39, 0.29) is 31.1 Å². The summed E-state index contributed by atoms with van der Waals surface area (Å²) in [5.41, 5.74) is 1.42. The highest BCUT2D eigenvalue weighted by molar-refractivity contribution is 7.89. The topological polar surface area (TPSA) is 127 Å². The number of rotatable bonds is 7. The van der Waals surface area contributed by atoms with Gasteiger partial charge in [-0.15, -0.1) is 0 Å². The molecule has 1 aliphatic rings. The van der Waals surface area contributed by atoms with Gasteiger partial charge < -0.3 is 20.1 Å². The van der Waals surface area contributed by atoms with Gasteiger partial charge in [-0.3, -0.25) is 14.6 Å². The third kappa shape index (κ3) is 5.37. The van der Waals surface area contributed by atoms with Gasteiger partial charge in [0.05, 0.1) is 25.2 Å². The lowest BCUT2D eigenvalue weighted by atomic mass is 10.2. The number of hydrogen-bond donors (Lipinski definition) is 2. The fourth-order valence-corrected chi connectivity index (χ4v) is 4.71. The Balaban J connectivity index is 1.59. The van der Waals surface area contributed by atoms with Crippen LogP contribution in [0, 0.1) is 6.92 Å². The molecule has 166 valence electrons. The first-order valence-corrected chi connectivity index (χ1v) is 11.0. The number of methoxy groups -OCH3 is 1. The summed E-state index contributed by atoms with van der Waals surface area (Å²) in [5, 5.41) is 4.91. The zero-order valence-corrected chi connectivity index (χ0v) is 18.0. The Morgan fingerprint density at radius 1 is 1.26 bits per heavy atom. The number of sulfonamides is 1. The highest BCUT2D eigenvalue weighted by atomic mass is 32.2. The summed E-state index contributed by atoms with van der Waals surface area (Å²) in [5.74, 6) is -1.13. The molecule has 1 atom stereocenters. The fourth-order valence-electron chi connectivity index (χ4n) is 3.11. The average Bonchev–Trinajstić information content (AvgIpc) is 3.26. The minimum absolute atomic E-state index is 0.0989. The monoisotopic (exact) mass is 448 g/mol. The Morgan fingerprint density at radius 2 is 2.03 bits per heavy atom. The van der Waals surface area contributed by atoms with Gasteiger partial charge in [0, 0.05) is 25.5 Å². The second kappa shape index (κ2) is 9.86. The van der Waals surface area contributed by atoms with Gasteiger partial charge in [0.1, 0.15) is 12.0 Å². The van der Waals surface area contributed by atoms with Crippen LogP contribution in [0.3, 0.4) is 0 Å². The molecule has 2 heterocycles. The first-order chi connectivity index (χ1) is 14.8. The zero-order chi connectivity index (χ0) is 22.4. The van der Waals surface area contributed by atoms with E-state index in [2.05, 4.69) is 15.6 Å². The van der Waals surface area contributed by atoms with Crippen LogP contribution in [0.2, 0.25) is 0 Å². The minimum atomic E-state index is -3.86. The molecule has 0 spiro atoms. The maximum Gasteiger partial charge on any atom is 0.309 e. The molecule has 31 heavy (non-hydrogen) atoms. The second-order valence-corrected chi connectivity index (χ2v) is 8.72. The standard InChI is InChI=1S/C20H24N4O6S/c1-14-10-16(5-6-17(14)29-2)31(27,28)24-8-9-30-18(24)13-23-20(26)19(25)22-12-15-4-3-7-21-11-15/h3-7,10-11,18H,8-9,12-13H2,1-2H3,(H,22,25)(H,23,26)/t18-/m0/s1. The van der Waals surface area contributed by atoms with Gasteiger partial charge in [-0.25, -0.2) is 8.42 Å². The van der Waals surface area contributed by atoms with Crippen molar-refractivity contribution < 1.29 is 27.5 Å². The Labute approximate surface area is 180 Å². The number of ether oxygens (including phenoxy) is 2. The van der Waals surface area contributed by atoms with Crippen LogP contribution in [-0.2, 0) is 30.9 Å². The SMILES string of the molecule is COc1ccc(S(=O)(=O)N2CCO[C@H]2CNC(=O)C(=O)NCc2cccnc2)cc1C. The van der Waals surface area contributed by atoms with E-state index in [1.54, 1.807) is 37.5 Å². The molecule has 0 aliphatic carbocycles. The minimum Gasteiger partial charge on any atom is -0.496 e. The number of aryl methyl sites for hydroxylation is 1. The summed E-state index contributed by atoms with van der Waals surface area (Å²) < 4.78 is 37.9. The van der Waals surface area contributed by atoms with Gasteiger partial charge in [0.15, 0.2) is 0 Å². The normalized spacial score (nSPS) is 16.6. The largest absolute Gasteiger partial charge is 0.496 e. The predicted octanol–water partition coefficient (Wildman–Crippen LogP) is 0.178. The van der Waals surface area contributed by atoms with Crippen LogP contribution >= 0.6 is 0 Å². The van der Waals surface area contributed by atoms with Crippen molar-refractivity contribution in [1.29, 1.82) is 0 Å². The number of carbonyl (C=O) groups is 2. The van der Waals surface area contributed by atoms with Crippen molar-refractivity contribution >= 4 is 21.8 Å².